The molecule has 0 aliphatic carbocycles. The minimum atomic E-state index is 0.443. The van der Waals surface area contributed by atoms with E-state index >= 15 is 0 Å². The van der Waals surface area contributed by atoms with E-state index in [1.807, 2.05) is 0 Å². The van der Waals surface area contributed by atoms with Crippen LogP contribution in [0, 0.1) is 0 Å². The molecule has 1 aliphatic heterocycles. The molecule has 1 unspecified atom stereocenters. The average Bonchev–Trinajstić information content (AvgIpc) is 3.02. The topological polar surface area (TPSA) is 19.0 Å². The molecule has 0 radical (unpaired) electrons. The van der Waals surface area contributed by atoms with Gasteiger partial charge >= 0.3 is 0 Å². The van der Waals surface area contributed by atoms with E-state index in [1.54, 1.807) is 0 Å². The van der Waals surface area contributed by atoms with Crippen molar-refractivity contribution in [3.8, 4) is 0 Å². The van der Waals surface area contributed by atoms with E-state index < -0.39 is 0 Å². The van der Waals surface area contributed by atoms with E-state index in [0.29, 0.717) is 6.10 Å². The van der Waals surface area contributed by atoms with Gasteiger partial charge in [0.1, 0.15) is 0 Å². The van der Waals surface area contributed by atoms with Gasteiger partial charge in [-0.25, -0.2) is 0 Å². The highest BCUT2D eigenvalue weighted by Crippen LogP contribution is 2.22. The molecule has 1 aromatic carbocycles. The molecule has 0 bridgehead atoms. The Labute approximate surface area is 91.2 Å². The summed E-state index contributed by atoms with van der Waals surface area (Å²) in [4.78, 5) is 4.36. The Morgan fingerprint density at radius 2 is 1.93 bits per heavy atom. The van der Waals surface area contributed by atoms with E-state index in [9.17, 15) is 0 Å². The van der Waals surface area contributed by atoms with Crippen molar-refractivity contribution in [3.63, 3.8) is 0 Å². The van der Waals surface area contributed by atoms with Gasteiger partial charge in [0.15, 0.2) is 0 Å². The fourth-order valence-electron chi connectivity index (χ4n) is 1.59. The van der Waals surface area contributed by atoms with Crippen molar-refractivity contribution in [2.45, 2.75) is 6.10 Å². The molecule has 1 heterocycles. The number of benzene rings is 1. The average molecular weight is 206 g/mol. The van der Waals surface area contributed by atoms with Gasteiger partial charge in [0, 0.05) is 39.1 Å². The van der Waals surface area contributed by atoms with Crippen LogP contribution < -0.4 is 9.80 Å². The Balaban J connectivity index is 2.08. The second-order valence-corrected chi connectivity index (χ2v) is 4.25. The van der Waals surface area contributed by atoms with Gasteiger partial charge in [0.05, 0.1) is 12.7 Å². The van der Waals surface area contributed by atoms with Crippen LogP contribution in [0.15, 0.2) is 24.3 Å². The minimum absolute atomic E-state index is 0.443. The van der Waals surface area contributed by atoms with Gasteiger partial charge in [0.2, 0.25) is 0 Å². The first-order valence-corrected chi connectivity index (χ1v) is 5.27. The smallest absolute Gasteiger partial charge is 0.0984 e. The predicted molar refractivity (Wildman–Crippen MR) is 63.8 cm³/mol. The van der Waals surface area contributed by atoms with Crippen molar-refractivity contribution in [2.24, 2.45) is 0 Å². The lowest BCUT2D eigenvalue weighted by molar-refractivity contribution is 0.410. The number of hydrogen-bond acceptors (Lipinski definition) is 3. The molecule has 1 saturated heterocycles. The zero-order valence-corrected chi connectivity index (χ0v) is 9.60. The number of anilines is 2. The molecule has 1 aromatic rings. The van der Waals surface area contributed by atoms with Crippen LogP contribution in [0.2, 0.25) is 0 Å². The third-order valence-corrected chi connectivity index (χ3v) is 2.67. The Bertz CT molecular complexity index is 334. The molecule has 0 N–H and O–H groups in total. The molecular formula is C12H18N2O. The molecule has 15 heavy (non-hydrogen) atoms. The second-order valence-electron chi connectivity index (χ2n) is 4.25. The minimum Gasteiger partial charge on any atom is -0.378 e. The number of epoxide rings is 1. The lowest BCUT2D eigenvalue weighted by atomic mass is 10.2. The molecule has 0 spiro atoms. The largest absolute Gasteiger partial charge is 0.378 e. The van der Waals surface area contributed by atoms with Crippen molar-refractivity contribution >= 4 is 11.4 Å². The van der Waals surface area contributed by atoms with Gasteiger partial charge in [-0.15, -0.1) is 0 Å². The van der Waals surface area contributed by atoms with Crippen molar-refractivity contribution in [1.29, 1.82) is 0 Å². The molecule has 1 aliphatic rings. The van der Waals surface area contributed by atoms with E-state index in [4.69, 9.17) is 4.74 Å². The molecule has 82 valence electrons. The summed E-state index contributed by atoms with van der Waals surface area (Å²) < 4.78 is 5.23. The Hall–Kier alpha value is -1.22. The number of ether oxygens (including phenoxy) is 1. The molecule has 0 amide bonds. The zero-order chi connectivity index (χ0) is 10.8. The van der Waals surface area contributed by atoms with Crippen LogP contribution >= 0.6 is 0 Å². The van der Waals surface area contributed by atoms with E-state index in [1.165, 1.54) is 11.4 Å². The molecule has 0 saturated carbocycles. The zero-order valence-electron chi connectivity index (χ0n) is 9.60. The molecule has 1 fully saturated rings. The summed E-state index contributed by atoms with van der Waals surface area (Å²) in [6, 6.07) is 8.54. The van der Waals surface area contributed by atoms with Gasteiger partial charge in [-0.05, 0) is 18.2 Å². The summed E-state index contributed by atoms with van der Waals surface area (Å²) in [6.07, 6.45) is 0.443. The summed E-state index contributed by atoms with van der Waals surface area (Å²) in [6.45, 7) is 1.90. The summed E-state index contributed by atoms with van der Waals surface area (Å²) in [5.41, 5.74) is 2.48. The van der Waals surface area contributed by atoms with Crippen molar-refractivity contribution < 1.29 is 4.74 Å². The Morgan fingerprint density at radius 1 is 1.27 bits per heavy atom. The number of likely N-dealkylation sites (N-methyl/N-ethyl adjacent to an activating group) is 1. The van der Waals surface area contributed by atoms with Gasteiger partial charge in [-0.2, -0.15) is 0 Å². The van der Waals surface area contributed by atoms with Gasteiger partial charge in [-0.1, -0.05) is 6.07 Å². The lowest BCUT2D eigenvalue weighted by Gasteiger charge is -2.20. The molecule has 3 nitrogen and oxygen atoms in total. The highest BCUT2D eigenvalue weighted by Gasteiger charge is 2.24. The molecule has 3 heteroatoms. The first kappa shape index (κ1) is 10.3. The fraction of sp³-hybridized carbons (Fsp3) is 0.500. The summed E-state index contributed by atoms with van der Waals surface area (Å²) in [5.74, 6) is 0. The summed E-state index contributed by atoms with van der Waals surface area (Å²) in [5, 5.41) is 0. The van der Waals surface area contributed by atoms with Crippen LogP contribution in [0.1, 0.15) is 0 Å². The fourth-order valence-corrected chi connectivity index (χ4v) is 1.59. The molecule has 0 aromatic heterocycles. The van der Waals surface area contributed by atoms with Crippen molar-refractivity contribution in [1.82, 2.24) is 0 Å². The first-order chi connectivity index (χ1) is 7.16. The standard InChI is InChI=1S/C12H18N2O/c1-13(2)10-5-4-6-11(7-10)14(3)8-12-9-15-12/h4-7,12H,8-9H2,1-3H3. The first-order valence-electron chi connectivity index (χ1n) is 5.27. The maximum absolute atomic E-state index is 5.23. The number of hydrogen-bond donors (Lipinski definition) is 0. The quantitative estimate of drug-likeness (QED) is 0.697. The second kappa shape index (κ2) is 4.11. The molecule has 1 atom stereocenters. The van der Waals surface area contributed by atoms with E-state index in [2.05, 4.69) is 55.2 Å². The highest BCUT2D eigenvalue weighted by molar-refractivity contribution is 5.58. The highest BCUT2D eigenvalue weighted by atomic mass is 16.6. The lowest BCUT2D eigenvalue weighted by Crippen LogP contribution is -2.22. The van der Waals surface area contributed by atoms with Gasteiger partial charge in [-0.3, -0.25) is 0 Å². The maximum atomic E-state index is 5.23. The van der Waals surface area contributed by atoms with Gasteiger partial charge in [0.25, 0.3) is 0 Å². The third kappa shape index (κ3) is 2.63. The number of rotatable bonds is 4. The van der Waals surface area contributed by atoms with Crippen molar-refractivity contribution in [2.75, 3.05) is 44.1 Å². The predicted octanol–water partition coefficient (Wildman–Crippen LogP) is 1.59. The molecular weight excluding hydrogens is 188 g/mol. The third-order valence-electron chi connectivity index (χ3n) is 2.67. The number of nitrogens with zero attached hydrogens (tertiary/aromatic N) is 2. The van der Waals surface area contributed by atoms with Crippen LogP contribution in [0.3, 0.4) is 0 Å². The van der Waals surface area contributed by atoms with E-state index in [-0.39, 0.29) is 0 Å². The Kier molecular flexibility index (Phi) is 2.82. The van der Waals surface area contributed by atoms with Crippen LogP contribution in [-0.2, 0) is 4.74 Å². The van der Waals surface area contributed by atoms with E-state index in [0.717, 1.165) is 13.2 Å². The normalized spacial score (nSPS) is 18.7. The summed E-state index contributed by atoms with van der Waals surface area (Å²) >= 11 is 0. The van der Waals surface area contributed by atoms with Crippen LogP contribution in [0.25, 0.3) is 0 Å². The van der Waals surface area contributed by atoms with Crippen LogP contribution in [-0.4, -0.2) is 40.4 Å². The summed E-state index contributed by atoms with van der Waals surface area (Å²) in [7, 11) is 6.22. The maximum Gasteiger partial charge on any atom is 0.0984 e. The SMILES string of the molecule is CN(C)c1cccc(N(C)CC2CO2)c1. The van der Waals surface area contributed by atoms with Crippen LogP contribution in [0.5, 0.6) is 0 Å². The monoisotopic (exact) mass is 206 g/mol. The van der Waals surface area contributed by atoms with Crippen LogP contribution in [0.4, 0.5) is 11.4 Å². The molecule has 2 rings (SSSR count). The van der Waals surface area contributed by atoms with Crippen molar-refractivity contribution in [3.05, 3.63) is 24.3 Å². The van der Waals surface area contributed by atoms with Gasteiger partial charge < -0.3 is 14.5 Å². The Morgan fingerprint density at radius 3 is 2.53 bits per heavy atom.